The average Bonchev–Trinajstić information content (AvgIpc) is 2.36. The fourth-order valence-electron chi connectivity index (χ4n) is 1.02. The van der Waals surface area contributed by atoms with Gasteiger partial charge < -0.3 is 14.8 Å². The summed E-state index contributed by atoms with van der Waals surface area (Å²) in [4.78, 5) is 31.7. The third kappa shape index (κ3) is 4.08. The molecule has 0 saturated heterocycles. The van der Waals surface area contributed by atoms with Gasteiger partial charge in [0.05, 0.1) is 12.0 Å². The first-order valence-corrected chi connectivity index (χ1v) is 4.80. The number of hydrogen-bond donors (Lipinski definition) is 1. The number of nitrogens with one attached hydrogen (secondary N) is 1. The Kier molecular flexibility index (Phi) is 4.61. The standard InChI is InChI=1S/C10H10N2O6/c1-17-10(14)11-6-9(13)18-8-4-2-7(3-5-8)12(15)16/h2-5H,6H2,1H3,(H,11,14). The summed E-state index contributed by atoms with van der Waals surface area (Å²) in [5, 5.41) is 12.5. The Morgan fingerprint density at radius 2 is 1.94 bits per heavy atom. The highest BCUT2D eigenvalue weighted by molar-refractivity contribution is 5.79. The van der Waals surface area contributed by atoms with E-state index in [4.69, 9.17) is 4.74 Å². The van der Waals surface area contributed by atoms with Gasteiger partial charge in [0.25, 0.3) is 5.69 Å². The van der Waals surface area contributed by atoms with Crippen LogP contribution in [0, 0.1) is 10.1 Å². The van der Waals surface area contributed by atoms with Crippen LogP contribution in [0.25, 0.3) is 0 Å². The minimum Gasteiger partial charge on any atom is -0.453 e. The Bertz CT molecular complexity index is 456. The van der Waals surface area contributed by atoms with E-state index in [1.807, 2.05) is 0 Å². The molecule has 0 saturated carbocycles. The van der Waals surface area contributed by atoms with E-state index in [-0.39, 0.29) is 18.0 Å². The van der Waals surface area contributed by atoms with Gasteiger partial charge in [-0.2, -0.15) is 0 Å². The molecular formula is C10H10N2O6. The third-order valence-corrected chi connectivity index (χ3v) is 1.84. The van der Waals surface area contributed by atoms with Crippen LogP contribution in [-0.2, 0) is 9.53 Å². The molecule has 0 bridgehead atoms. The highest BCUT2D eigenvalue weighted by atomic mass is 16.6. The first-order valence-electron chi connectivity index (χ1n) is 4.80. The second-order valence-electron chi connectivity index (χ2n) is 3.07. The zero-order valence-corrected chi connectivity index (χ0v) is 9.41. The molecule has 0 radical (unpaired) electrons. The summed E-state index contributed by atoms with van der Waals surface area (Å²) in [6, 6.07) is 4.98. The van der Waals surface area contributed by atoms with Gasteiger partial charge in [0.1, 0.15) is 12.3 Å². The fourth-order valence-corrected chi connectivity index (χ4v) is 1.02. The Morgan fingerprint density at radius 1 is 1.33 bits per heavy atom. The van der Waals surface area contributed by atoms with Gasteiger partial charge in [-0.3, -0.25) is 10.1 Å². The summed E-state index contributed by atoms with van der Waals surface area (Å²) in [6.45, 7) is -0.357. The molecule has 18 heavy (non-hydrogen) atoms. The van der Waals surface area contributed by atoms with Gasteiger partial charge in [-0.15, -0.1) is 0 Å². The van der Waals surface area contributed by atoms with Crippen molar-refractivity contribution in [2.45, 2.75) is 0 Å². The molecule has 0 aliphatic heterocycles. The number of ether oxygens (including phenoxy) is 2. The number of hydrogen-bond acceptors (Lipinski definition) is 6. The average molecular weight is 254 g/mol. The van der Waals surface area contributed by atoms with Gasteiger partial charge in [0.2, 0.25) is 0 Å². The van der Waals surface area contributed by atoms with Crippen molar-refractivity contribution < 1.29 is 24.0 Å². The number of methoxy groups -OCH3 is 1. The smallest absolute Gasteiger partial charge is 0.407 e. The van der Waals surface area contributed by atoms with E-state index < -0.39 is 17.0 Å². The lowest BCUT2D eigenvalue weighted by Crippen LogP contribution is -2.31. The first-order chi connectivity index (χ1) is 8.52. The number of rotatable bonds is 4. The molecule has 0 spiro atoms. The van der Waals surface area contributed by atoms with E-state index >= 15 is 0 Å². The molecule has 8 heteroatoms. The predicted octanol–water partition coefficient (Wildman–Crippen LogP) is 0.856. The lowest BCUT2D eigenvalue weighted by Gasteiger charge is -2.04. The minimum atomic E-state index is -0.754. The van der Waals surface area contributed by atoms with Gasteiger partial charge in [0.15, 0.2) is 0 Å². The zero-order valence-electron chi connectivity index (χ0n) is 9.41. The van der Waals surface area contributed by atoms with Crippen LogP contribution in [0.4, 0.5) is 10.5 Å². The summed E-state index contributed by atoms with van der Waals surface area (Å²) >= 11 is 0. The molecule has 0 aliphatic rings. The first kappa shape index (κ1) is 13.4. The molecule has 1 N–H and O–H groups in total. The van der Waals surface area contributed by atoms with E-state index in [1.165, 1.54) is 24.3 Å². The second-order valence-corrected chi connectivity index (χ2v) is 3.07. The Labute approximate surface area is 102 Å². The minimum absolute atomic E-state index is 0.109. The van der Waals surface area contributed by atoms with Crippen molar-refractivity contribution in [2.75, 3.05) is 13.7 Å². The number of benzene rings is 1. The van der Waals surface area contributed by atoms with Crippen molar-refractivity contribution in [2.24, 2.45) is 0 Å². The summed E-state index contributed by atoms with van der Waals surface area (Å²) in [5.74, 6) is -0.563. The largest absolute Gasteiger partial charge is 0.453 e. The van der Waals surface area contributed by atoms with Crippen LogP contribution in [0.5, 0.6) is 5.75 Å². The highest BCUT2D eigenvalue weighted by Crippen LogP contribution is 2.17. The number of amides is 1. The van der Waals surface area contributed by atoms with E-state index in [9.17, 15) is 19.7 Å². The van der Waals surface area contributed by atoms with Crippen molar-refractivity contribution in [3.8, 4) is 5.75 Å². The SMILES string of the molecule is COC(=O)NCC(=O)Oc1ccc([N+](=O)[O-])cc1. The normalized spacial score (nSPS) is 9.39. The lowest BCUT2D eigenvalue weighted by molar-refractivity contribution is -0.384. The number of non-ortho nitro benzene ring substituents is 1. The van der Waals surface area contributed by atoms with Crippen LogP contribution in [0.1, 0.15) is 0 Å². The van der Waals surface area contributed by atoms with Gasteiger partial charge in [-0.25, -0.2) is 9.59 Å². The van der Waals surface area contributed by atoms with Crippen molar-refractivity contribution in [3.63, 3.8) is 0 Å². The third-order valence-electron chi connectivity index (χ3n) is 1.84. The summed E-state index contributed by atoms with van der Waals surface area (Å²) < 4.78 is 9.07. The second kappa shape index (κ2) is 6.18. The summed E-state index contributed by atoms with van der Waals surface area (Å²) in [6.07, 6.45) is -0.754. The molecule has 1 aromatic carbocycles. The van der Waals surface area contributed by atoms with Gasteiger partial charge in [0, 0.05) is 12.1 Å². The Hall–Kier alpha value is -2.64. The predicted molar refractivity (Wildman–Crippen MR) is 59.1 cm³/mol. The number of nitro groups is 1. The maximum Gasteiger partial charge on any atom is 0.407 e. The van der Waals surface area contributed by atoms with Crippen LogP contribution in [-0.4, -0.2) is 30.6 Å². The quantitative estimate of drug-likeness (QED) is 0.369. The van der Waals surface area contributed by atoms with Crippen LogP contribution >= 0.6 is 0 Å². The monoisotopic (exact) mass is 254 g/mol. The molecule has 1 rings (SSSR count). The topological polar surface area (TPSA) is 108 Å². The summed E-state index contributed by atoms with van der Waals surface area (Å²) in [5.41, 5.74) is -0.109. The number of alkyl carbamates (subject to hydrolysis) is 1. The highest BCUT2D eigenvalue weighted by Gasteiger charge is 2.09. The molecule has 0 aromatic heterocycles. The molecule has 0 unspecified atom stereocenters. The van der Waals surface area contributed by atoms with E-state index in [0.717, 1.165) is 7.11 Å². The molecule has 8 nitrogen and oxygen atoms in total. The lowest BCUT2D eigenvalue weighted by atomic mass is 10.3. The zero-order chi connectivity index (χ0) is 13.5. The number of esters is 1. The number of carbonyl (C=O) groups excluding carboxylic acids is 2. The van der Waals surface area contributed by atoms with E-state index in [1.54, 1.807) is 0 Å². The number of nitrogens with zero attached hydrogens (tertiary/aromatic N) is 1. The Morgan fingerprint density at radius 3 is 2.44 bits per heavy atom. The molecular weight excluding hydrogens is 244 g/mol. The molecule has 1 amide bonds. The van der Waals surface area contributed by atoms with Crippen molar-refractivity contribution in [1.29, 1.82) is 0 Å². The summed E-state index contributed by atoms with van der Waals surface area (Å²) in [7, 11) is 1.16. The van der Waals surface area contributed by atoms with Gasteiger partial charge >= 0.3 is 12.1 Å². The Balaban J connectivity index is 2.49. The maximum atomic E-state index is 11.2. The van der Waals surface area contributed by atoms with Crippen LogP contribution in [0.15, 0.2) is 24.3 Å². The molecule has 1 aromatic rings. The van der Waals surface area contributed by atoms with Crippen molar-refractivity contribution in [3.05, 3.63) is 34.4 Å². The van der Waals surface area contributed by atoms with Crippen LogP contribution in [0.2, 0.25) is 0 Å². The van der Waals surface area contributed by atoms with Gasteiger partial charge in [-0.05, 0) is 12.1 Å². The van der Waals surface area contributed by atoms with Crippen molar-refractivity contribution in [1.82, 2.24) is 5.32 Å². The van der Waals surface area contributed by atoms with Crippen LogP contribution < -0.4 is 10.1 Å². The van der Waals surface area contributed by atoms with Gasteiger partial charge in [-0.1, -0.05) is 0 Å². The maximum absolute atomic E-state index is 11.2. The number of carbonyl (C=O) groups is 2. The molecule has 0 fully saturated rings. The molecule has 96 valence electrons. The number of nitro benzene ring substituents is 1. The van der Waals surface area contributed by atoms with Crippen molar-refractivity contribution >= 4 is 17.7 Å². The van der Waals surface area contributed by atoms with E-state index in [2.05, 4.69) is 10.1 Å². The fraction of sp³-hybridized carbons (Fsp3) is 0.200. The molecule has 0 atom stereocenters. The molecule has 0 heterocycles. The molecule has 0 aliphatic carbocycles. The van der Waals surface area contributed by atoms with Crippen LogP contribution in [0.3, 0.4) is 0 Å². The van der Waals surface area contributed by atoms with E-state index in [0.29, 0.717) is 0 Å².